The molecule has 0 amide bonds. The van der Waals surface area contributed by atoms with Crippen LogP contribution in [0.25, 0.3) is 16.9 Å². The lowest BCUT2D eigenvalue weighted by Crippen LogP contribution is -2.00. The van der Waals surface area contributed by atoms with Crippen molar-refractivity contribution >= 4 is 11.4 Å². The highest BCUT2D eigenvalue weighted by atomic mass is 16.1. The van der Waals surface area contributed by atoms with E-state index in [1.165, 1.54) is 0 Å². The normalized spacial score (nSPS) is 10.8. The molecule has 4 aromatic rings. The van der Waals surface area contributed by atoms with Gasteiger partial charge in [0.25, 0.3) is 0 Å². The lowest BCUT2D eigenvalue weighted by molar-refractivity contribution is 0.103. The first-order valence-electron chi connectivity index (χ1n) is 7.45. The second kappa shape index (κ2) is 5.54. The molecule has 0 spiro atoms. The summed E-state index contributed by atoms with van der Waals surface area (Å²) in [6.45, 7) is 0. The van der Waals surface area contributed by atoms with E-state index in [0.717, 1.165) is 16.9 Å². The van der Waals surface area contributed by atoms with E-state index in [-0.39, 0.29) is 5.78 Å². The summed E-state index contributed by atoms with van der Waals surface area (Å²) in [6, 6.07) is 22.9. The maximum absolute atomic E-state index is 12.4. The Bertz CT molecular complexity index is 969. The number of imidazole rings is 1. The van der Waals surface area contributed by atoms with E-state index in [4.69, 9.17) is 0 Å². The molecule has 0 unspecified atom stereocenters. The van der Waals surface area contributed by atoms with Crippen LogP contribution in [0.3, 0.4) is 0 Å². The Morgan fingerprint density at radius 3 is 2.26 bits per heavy atom. The SMILES string of the molecule is O=C(c1ccccc1)c1ccc(-c2cnc3ccccn23)cc1. The maximum atomic E-state index is 12.4. The molecule has 23 heavy (non-hydrogen) atoms. The molecular weight excluding hydrogens is 284 g/mol. The molecule has 0 aliphatic heterocycles. The van der Waals surface area contributed by atoms with Crippen LogP contribution in [0.4, 0.5) is 0 Å². The highest BCUT2D eigenvalue weighted by Gasteiger charge is 2.10. The van der Waals surface area contributed by atoms with Gasteiger partial charge in [0, 0.05) is 22.9 Å². The maximum Gasteiger partial charge on any atom is 0.193 e. The molecule has 0 aliphatic carbocycles. The zero-order chi connectivity index (χ0) is 15.6. The van der Waals surface area contributed by atoms with E-state index < -0.39 is 0 Å². The van der Waals surface area contributed by atoms with Gasteiger partial charge in [-0.2, -0.15) is 0 Å². The largest absolute Gasteiger partial charge is 0.300 e. The highest BCUT2D eigenvalue weighted by Crippen LogP contribution is 2.22. The van der Waals surface area contributed by atoms with Gasteiger partial charge in [0.1, 0.15) is 5.65 Å². The average Bonchev–Trinajstić information content (AvgIpc) is 3.06. The zero-order valence-corrected chi connectivity index (χ0v) is 12.4. The Hall–Kier alpha value is -3.20. The van der Waals surface area contributed by atoms with Crippen molar-refractivity contribution in [2.24, 2.45) is 0 Å². The molecule has 0 saturated heterocycles. The van der Waals surface area contributed by atoms with Crippen molar-refractivity contribution in [3.05, 3.63) is 96.3 Å². The third-order valence-corrected chi connectivity index (χ3v) is 3.90. The number of carbonyl (C=O) groups excluding carboxylic acids is 1. The summed E-state index contributed by atoms with van der Waals surface area (Å²) < 4.78 is 2.04. The smallest absolute Gasteiger partial charge is 0.193 e. The quantitative estimate of drug-likeness (QED) is 0.530. The van der Waals surface area contributed by atoms with Crippen molar-refractivity contribution in [3.63, 3.8) is 0 Å². The minimum Gasteiger partial charge on any atom is -0.300 e. The highest BCUT2D eigenvalue weighted by molar-refractivity contribution is 6.09. The predicted molar refractivity (Wildman–Crippen MR) is 90.5 cm³/mol. The van der Waals surface area contributed by atoms with Crippen LogP contribution in [0.5, 0.6) is 0 Å². The number of pyridine rings is 1. The van der Waals surface area contributed by atoms with E-state index in [1.54, 1.807) is 0 Å². The number of ketones is 1. The second-order valence-corrected chi connectivity index (χ2v) is 5.34. The van der Waals surface area contributed by atoms with Crippen LogP contribution in [0, 0.1) is 0 Å². The fourth-order valence-corrected chi connectivity index (χ4v) is 2.69. The Labute approximate surface area is 133 Å². The molecule has 4 rings (SSSR count). The van der Waals surface area contributed by atoms with Crippen molar-refractivity contribution in [2.75, 3.05) is 0 Å². The predicted octanol–water partition coefficient (Wildman–Crippen LogP) is 4.23. The van der Waals surface area contributed by atoms with E-state index in [0.29, 0.717) is 11.1 Å². The average molecular weight is 298 g/mol. The molecule has 0 atom stereocenters. The van der Waals surface area contributed by atoms with Gasteiger partial charge in [-0.1, -0.05) is 60.7 Å². The van der Waals surface area contributed by atoms with Crippen LogP contribution in [-0.2, 0) is 0 Å². The van der Waals surface area contributed by atoms with E-state index >= 15 is 0 Å². The minimum absolute atomic E-state index is 0.0373. The number of carbonyl (C=O) groups is 1. The van der Waals surface area contributed by atoms with Crippen LogP contribution < -0.4 is 0 Å². The molecule has 0 fully saturated rings. The van der Waals surface area contributed by atoms with Crippen LogP contribution in [0.2, 0.25) is 0 Å². The van der Waals surface area contributed by atoms with Gasteiger partial charge in [0.05, 0.1) is 11.9 Å². The molecule has 2 heterocycles. The molecule has 0 N–H and O–H groups in total. The Kier molecular flexibility index (Phi) is 3.24. The van der Waals surface area contributed by atoms with Gasteiger partial charge >= 0.3 is 0 Å². The first-order chi connectivity index (χ1) is 11.3. The molecule has 2 aromatic heterocycles. The molecule has 2 aromatic carbocycles. The van der Waals surface area contributed by atoms with Gasteiger partial charge in [-0.3, -0.25) is 9.20 Å². The fraction of sp³-hybridized carbons (Fsp3) is 0. The van der Waals surface area contributed by atoms with Crippen molar-refractivity contribution in [1.29, 1.82) is 0 Å². The number of aromatic nitrogens is 2. The number of hydrogen-bond acceptors (Lipinski definition) is 2. The first-order valence-corrected chi connectivity index (χ1v) is 7.45. The Morgan fingerprint density at radius 1 is 0.783 bits per heavy atom. The van der Waals surface area contributed by atoms with Crippen LogP contribution >= 0.6 is 0 Å². The van der Waals surface area contributed by atoms with Crippen molar-refractivity contribution in [2.45, 2.75) is 0 Å². The van der Waals surface area contributed by atoms with E-state index in [1.807, 2.05) is 89.6 Å². The number of nitrogens with zero attached hydrogens (tertiary/aromatic N) is 2. The summed E-state index contributed by atoms with van der Waals surface area (Å²) in [5.41, 5.74) is 4.35. The summed E-state index contributed by atoms with van der Waals surface area (Å²) in [4.78, 5) is 16.8. The summed E-state index contributed by atoms with van der Waals surface area (Å²) in [5, 5.41) is 0. The van der Waals surface area contributed by atoms with Gasteiger partial charge in [0.2, 0.25) is 0 Å². The van der Waals surface area contributed by atoms with E-state index in [9.17, 15) is 4.79 Å². The lowest BCUT2D eigenvalue weighted by Gasteiger charge is -2.04. The van der Waals surface area contributed by atoms with Gasteiger partial charge in [-0.25, -0.2) is 4.98 Å². The lowest BCUT2D eigenvalue weighted by atomic mass is 10.0. The molecule has 3 heteroatoms. The Morgan fingerprint density at radius 2 is 1.48 bits per heavy atom. The van der Waals surface area contributed by atoms with Gasteiger partial charge in [-0.05, 0) is 12.1 Å². The number of benzene rings is 2. The summed E-state index contributed by atoms with van der Waals surface area (Å²) in [6.07, 6.45) is 3.84. The van der Waals surface area contributed by atoms with E-state index in [2.05, 4.69) is 4.98 Å². The first kappa shape index (κ1) is 13.5. The van der Waals surface area contributed by atoms with Gasteiger partial charge in [-0.15, -0.1) is 0 Å². The standard InChI is InChI=1S/C20H14N2O/c23-20(16-6-2-1-3-7-16)17-11-9-15(10-12-17)18-14-21-19-8-4-5-13-22(18)19/h1-14H. The van der Waals surface area contributed by atoms with Crippen molar-refractivity contribution in [1.82, 2.24) is 9.38 Å². The molecule has 3 nitrogen and oxygen atoms in total. The Balaban J connectivity index is 1.70. The molecule has 110 valence electrons. The fourth-order valence-electron chi connectivity index (χ4n) is 2.69. The summed E-state index contributed by atoms with van der Waals surface area (Å²) >= 11 is 0. The molecular formula is C20H14N2O. The van der Waals surface area contributed by atoms with Crippen LogP contribution in [-0.4, -0.2) is 15.2 Å². The molecule has 0 radical (unpaired) electrons. The number of rotatable bonds is 3. The molecule has 0 bridgehead atoms. The van der Waals surface area contributed by atoms with Gasteiger partial charge < -0.3 is 0 Å². The van der Waals surface area contributed by atoms with Crippen LogP contribution in [0.1, 0.15) is 15.9 Å². The summed E-state index contributed by atoms with van der Waals surface area (Å²) in [5.74, 6) is 0.0373. The third-order valence-electron chi connectivity index (χ3n) is 3.90. The minimum atomic E-state index is 0.0373. The van der Waals surface area contributed by atoms with Gasteiger partial charge in [0.15, 0.2) is 5.78 Å². The third kappa shape index (κ3) is 2.42. The monoisotopic (exact) mass is 298 g/mol. The zero-order valence-electron chi connectivity index (χ0n) is 12.4. The van der Waals surface area contributed by atoms with Crippen molar-refractivity contribution in [3.8, 4) is 11.3 Å². The second-order valence-electron chi connectivity index (χ2n) is 5.34. The number of hydrogen-bond donors (Lipinski definition) is 0. The topological polar surface area (TPSA) is 34.4 Å². The summed E-state index contributed by atoms with van der Waals surface area (Å²) in [7, 11) is 0. The molecule has 0 aliphatic rings. The van der Waals surface area contributed by atoms with Crippen LogP contribution in [0.15, 0.2) is 85.2 Å². The molecule has 0 saturated carbocycles. The van der Waals surface area contributed by atoms with Crippen molar-refractivity contribution < 1.29 is 4.79 Å². The number of fused-ring (bicyclic) bond motifs is 1.